The summed E-state index contributed by atoms with van der Waals surface area (Å²) in [4.78, 5) is 12.5. The van der Waals surface area contributed by atoms with Crippen molar-refractivity contribution in [3.63, 3.8) is 0 Å². The van der Waals surface area contributed by atoms with Crippen molar-refractivity contribution in [3.8, 4) is 0 Å². The molecule has 0 aliphatic carbocycles. The first-order valence-corrected chi connectivity index (χ1v) is 7.76. The van der Waals surface area contributed by atoms with E-state index in [0.717, 1.165) is 49.8 Å². The van der Waals surface area contributed by atoms with Gasteiger partial charge in [0.25, 0.3) is 5.91 Å². The Balaban J connectivity index is 1.86. The van der Waals surface area contributed by atoms with Crippen LogP contribution in [-0.4, -0.2) is 34.8 Å². The van der Waals surface area contributed by atoms with Crippen molar-refractivity contribution >= 4 is 16.8 Å². The Kier molecular flexibility index (Phi) is 4.20. The molecule has 21 heavy (non-hydrogen) atoms. The Hall–Kier alpha value is -1.88. The van der Waals surface area contributed by atoms with Crippen molar-refractivity contribution in [1.29, 1.82) is 0 Å². The lowest BCUT2D eigenvalue weighted by Crippen LogP contribution is -2.42. The molecule has 1 aromatic heterocycles. The van der Waals surface area contributed by atoms with E-state index < -0.39 is 0 Å². The maximum atomic E-state index is 12.5. The van der Waals surface area contributed by atoms with Gasteiger partial charge in [-0.1, -0.05) is 25.1 Å². The molecule has 1 amide bonds. The number of carbonyl (C=O) groups excluding carboxylic acids is 1. The third-order valence-corrected chi connectivity index (χ3v) is 3.98. The predicted octanol–water partition coefficient (Wildman–Crippen LogP) is 1.93. The van der Waals surface area contributed by atoms with Crippen molar-refractivity contribution in [2.45, 2.75) is 38.8 Å². The van der Waals surface area contributed by atoms with Crippen LogP contribution < -0.4 is 10.6 Å². The number of carbonyl (C=O) groups is 1. The lowest BCUT2D eigenvalue weighted by molar-refractivity contribution is 0.0925. The van der Waals surface area contributed by atoms with Crippen molar-refractivity contribution < 1.29 is 4.79 Å². The third kappa shape index (κ3) is 2.93. The van der Waals surface area contributed by atoms with E-state index >= 15 is 0 Å². The molecule has 3 rings (SSSR count). The summed E-state index contributed by atoms with van der Waals surface area (Å²) >= 11 is 0. The van der Waals surface area contributed by atoms with Crippen LogP contribution in [0.2, 0.25) is 0 Å². The molecular formula is C16H22N4O. The van der Waals surface area contributed by atoms with Gasteiger partial charge in [-0.15, -0.1) is 0 Å². The third-order valence-electron chi connectivity index (χ3n) is 3.98. The van der Waals surface area contributed by atoms with Gasteiger partial charge in [-0.2, -0.15) is 5.10 Å². The standard InChI is InChI=1S/C16H22N4O/c1-2-11-20-14-6-4-3-5-13(14)15(19-20)16(21)18-12-7-9-17-10-8-12/h3-6,12,17H,2,7-11H2,1H3,(H,18,21). The number of fused-ring (bicyclic) bond motifs is 1. The van der Waals surface area contributed by atoms with E-state index in [1.807, 2.05) is 28.9 Å². The number of aromatic nitrogens is 2. The Morgan fingerprint density at radius 2 is 2.14 bits per heavy atom. The number of nitrogens with one attached hydrogen (secondary N) is 2. The van der Waals surface area contributed by atoms with Crippen LogP contribution in [0.1, 0.15) is 36.7 Å². The highest BCUT2D eigenvalue weighted by Gasteiger charge is 2.21. The van der Waals surface area contributed by atoms with Crippen LogP contribution in [0.4, 0.5) is 0 Å². The summed E-state index contributed by atoms with van der Waals surface area (Å²) in [7, 11) is 0. The molecule has 2 N–H and O–H groups in total. The quantitative estimate of drug-likeness (QED) is 0.903. The maximum absolute atomic E-state index is 12.5. The number of benzene rings is 1. The Morgan fingerprint density at radius 1 is 1.38 bits per heavy atom. The number of hydrogen-bond donors (Lipinski definition) is 2. The lowest BCUT2D eigenvalue weighted by atomic mass is 10.1. The summed E-state index contributed by atoms with van der Waals surface area (Å²) in [6, 6.07) is 8.21. The summed E-state index contributed by atoms with van der Waals surface area (Å²) in [5, 5.41) is 11.9. The normalized spacial score (nSPS) is 16.2. The zero-order chi connectivity index (χ0) is 14.7. The molecule has 112 valence electrons. The van der Waals surface area contributed by atoms with Crippen LogP contribution in [0.5, 0.6) is 0 Å². The maximum Gasteiger partial charge on any atom is 0.272 e. The molecular weight excluding hydrogens is 264 g/mol. The first kappa shape index (κ1) is 14.1. The molecule has 1 aliphatic heterocycles. The molecule has 1 fully saturated rings. The van der Waals surface area contributed by atoms with Crippen LogP contribution in [0.3, 0.4) is 0 Å². The number of nitrogens with zero attached hydrogens (tertiary/aromatic N) is 2. The fourth-order valence-electron chi connectivity index (χ4n) is 2.90. The van der Waals surface area contributed by atoms with E-state index in [0.29, 0.717) is 5.69 Å². The minimum absolute atomic E-state index is 0.0482. The highest BCUT2D eigenvalue weighted by Crippen LogP contribution is 2.19. The van der Waals surface area contributed by atoms with Crippen molar-refractivity contribution in [3.05, 3.63) is 30.0 Å². The number of amides is 1. The minimum atomic E-state index is -0.0482. The average Bonchev–Trinajstić information content (AvgIpc) is 2.88. The molecule has 0 spiro atoms. The molecule has 0 bridgehead atoms. The Bertz CT molecular complexity index is 628. The summed E-state index contributed by atoms with van der Waals surface area (Å²) in [6.45, 7) is 4.89. The molecule has 1 saturated heterocycles. The number of aryl methyl sites for hydroxylation is 1. The van der Waals surface area contributed by atoms with Crippen molar-refractivity contribution in [2.75, 3.05) is 13.1 Å². The van der Waals surface area contributed by atoms with Crippen molar-refractivity contribution in [1.82, 2.24) is 20.4 Å². The van der Waals surface area contributed by atoms with Crippen LogP contribution in [0.25, 0.3) is 10.9 Å². The van der Waals surface area contributed by atoms with Crippen LogP contribution >= 0.6 is 0 Å². The van der Waals surface area contributed by atoms with Gasteiger partial charge in [-0.25, -0.2) is 0 Å². The number of hydrogen-bond acceptors (Lipinski definition) is 3. The molecule has 5 heteroatoms. The Labute approximate surface area is 124 Å². The van der Waals surface area contributed by atoms with Crippen LogP contribution in [0, 0.1) is 0 Å². The lowest BCUT2D eigenvalue weighted by Gasteiger charge is -2.23. The number of para-hydroxylation sites is 1. The molecule has 5 nitrogen and oxygen atoms in total. The topological polar surface area (TPSA) is 59.0 Å². The van der Waals surface area contributed by atoms with Gasteiger partial charge < -0.3 is 10.6 Å². The zero-order valence-electron chi connectivity index (χ0n) is 12.4. The molecule has 2 heterocycles. The molecule has 0 saturated carbocycles. The van der Waals surface area contributed by atoms with Crippen molar-refractivity contribution in [2.24, 2.45) is 0 Å². The minimum Gasteiger partial charge on any atom is -0.348 e. The highest BCUT2D eigenvalue weighted by atomic mass is 16.2. The largest absolute Gasteiger partial charge is 0.348 e. The molecule has 0 unspecified atom stereocenters. The summed E-state index contributed by atoms with van der Waals surface area (Å²) < 4.78 is 1.94. The first-order valence-electron chi connectivity index (χ1n) is 7.76. The molecule has 1 aromatic carbocycles. The fourth-order valence-corrected chi connectivity index (χ4v) is 2.90. The zero-order valence-corrected chi connectivity index (χ0v) is 12.4. The molecule has 0 radical (unpaired) electrons. The average molecular weight is 286 g/mol. The van der Waals surface area contributed by atoms with Gasteiger partial charge in [0.15, 0.2) is 5.69 Å². The van der Waals surface area contributed by atoms with Gasteiger partial charge >= 0.3 is 0 Å². The van der Waals surface area contributed by atoms with E-state index in [4.69, 9.17) is 0 Å². The smallest absolute Gasteiger partial charge is 0.272 e. The van der Waals surface area contributed by atoms with Gasteiger partial charge in [0, 0.05) is 18.0 Å². The van der Waals surface area contributed by atoms with Gasteiger partial charge in [-0.05, 0) is 38.4 Å². The van der Waals surface area contributed by atoms with E-state index in [-0.39, 0.29) is 11.9 Å². The number of rotatable bonds is 4. The SMILES string of the molecule is CCCn1nc(C(=O)NC2CCNCC2)c2ccccc21. The van der Waals surface area contributed by atoms with Gasteiger partial charge in [0.05, 0.1) is 5.52 Å². The van der Waals surface area contributed by atoms with Gasteiger partial charge in [-0.3, -0.25) is 9.48 Å². The van der Waals surface area contributed by atoms with E-state index in [9.17, 15) is 4.79 Å². The molecule has 0 atom stereocenters. The highest BCUT2D eigenvalue weighted by molar-refractivity contribution is 6.04. The molecule has 1 aliphatic rings. The monoisotopic (exact) mass is 286 g/mol. The van der Waals surface area contributed by atoms with Gasteiger partial charge in [0.2, 0.25) is 0 Å². The van der Waals surface area contributed by atoms with E-state index in [1.54, 1.807) is 0 Å². The predicted molar refractivity (Wildman–Crippen MR) is 83.4 cm³/mol. The van der Waals surface area contributed by atoms with E-state index in [2.05, 4.69) is 22.7 Å². The second kappa shape index (κ2) is 6.26. The number of piperidine rings is 1. The fraction of sp³-hybridized carbons (Fsp3) is 0.500. The second-order valence-electron chi connectivity index (χ2n) is 5.59. The second-order valence-corrected chi connectivity index (χ2v) is 5.59. The summed E-state index contributed by atoms with van der Waals surface area (Å²) in [6.07, 6.45) is 2.97. The van der Waals surface area contributed by atoms with E-state index in [1.165, 1.54) is 0 Å². The Morgan fingerprint density at radius 3 is 2.90 bits per heavy atom. The van der Waals surface area contributed by atoms with Crippen LogP contribution in [0.15, 0.2) is 24.3 Å². The summed E-state index contributed by atoms with van der Waals surface area (Å²) in [5.74, 6) is -0.0482. The van der Waals surface area contributed by atoms with Crippen LogP contribution in [-0.2, 0) is 6.54 Å². The van der Waals surface area contributed by atoms with Gasteiger partial charge in [0.1, 0.15) is 0 Å². The first-order chi connectivity index (χ1) is 10.3. The molecule has 2 aromatic rings. The summed E-state index contributed by atoms with van der Waals surface area (Å²) in [5.41, 5.74) is 1.59.